The molecule has 80 valence electrons. The maximum absolute atomic E-state index is 11.8. The first kappa shape index (κ1) is 10.2. The number of nitrogens with zero attached hydrogens (tertiary/aromatic N) is 1. The molecule has 0 aromatic heterocycles. The van der Waals surface area contributed by atoms with Gasteiger partial charge in [-0.15, -0.1) is 0 Å². The summed E-state index contributed by atoms with van der Waals surface area (Å²) < 4.78 is 0. The molecule has 1 aliphatic rings. The minimum Gasteiger partial charge on any atom is -0.365 e. The van der Waals surface area contributed by atoms with Crippen LogP contribution in [0.25, 0.3) is 0 Å². The van der Waals surface area contributed by atoms with Gasteiger partial charge in [0.1, 0.15) is 5.82 Å². The van der Waals surface area contributed by atoms with Gasteiger partial charge in [0.25, 0.3) is 5.91 Å². The molecule has 0 unspecified atom stereocenters. The molecule has 16 heavy (non-hydrogen) atoms. The van der Waals surface area contributed by atoms with E-state index in [0.29, 0.717) is 11.4 Å². The second kappa shape index (κ2) is 4.93. The summed E-state index contributed by atoms with van der Waals surface area (Å²) in [5, 5.41) is 5.57. The monoisotopic (exact) mass is 213 g/mol. The molecular weight excluding hydrogens is 202 g/mol. The molecule has 1 aromatic rings. The lowest BCUT2D eigenvalue weighted by atomic mass is 10.2. The van der Waals surface area contributed by atoms with E-state index in [0.717, 1.165) is 0 Å². The largest absolute Gasteiger partial charge is 0.365 e. The lowest BCUT2D eigenvalue weighted by Crippen LogP contribution is -2.22. The van der Waals surface area contributed by atoms with Crippen LogP contribution in [-0.4, -0.2) is 12.1 Å². The molecule has 0 atom stereocenters. The molecule has 4 heteroatoms. The van der Waals surface area contributed by atoms with Crippen molar-refractivity contribution in [2.45, 2.75) is 0 Å². The van der Waals surface area contributed by atoms with Crippen LogP contribution in [0.1, 0.15) is 10.4 Å². The normalized spacial score (nSPS) is 13.6. The molecule has 1 aliphatic heterocycles. The van der Waals surface area contributed by atoms with Crippen molar-refractivity contribution < 1.29 is 4.79 Å². The second-order valence-electron chi connectivity index (χ2n) is 3.15. The number of aliphatic imine (C=N–C) groups is 1. The van der Waals surface area contributed by atoms with Gasteiger partial charge in [0.2, 0.25) is 0 Å². The summed E-state index contributed by atoms with van der Waals surface area (Å²) in [6.45, 7) is 0. The standard InChI is InChI=1S/C12H11N3O/c16-12(10-5-2-1-3-6-10)15-11-9-13-7-4-8-14-11/h1-9,13H,(H,15,16). The summed E-state index contributed by atoms with van der Waals surface area (Å²) in [7, 11) is 0. The summed E-state index contributed by atoms with van der Waals surface area (Å²) in [4.78, 5) is 15.8. The second-order valence-corrected chi connectivity index (χ2v) is 3.15. The van der Waals surface area contributed by atoms with E-state index < -0.39 is 0 Å². The summed E-state index contributed by atoms with van der Waals surface area (Å²) in [6, 6.07) is 9.01. The van der Waals surface area contributed by atoms with E-state index in [-0.39, 0.29) is 5.91 Å². The molecule has 1 amide bonds. The molecule has 1 heterocycles. The molecule has 0 aliphatic carbocycles. The van der Waals surface area contributed by atoms with Crippen molar-refractivity contribution in [2.75, 3.05) is 0 Å². The molecule has 1 aromatic carbocycles. The Morgan fingerprint density at radius 1 is 1.25 bits per heavy atom. The molecule has 0 fully saturated rings. The van der Waals surface area contributed by atoms with Crippen LogP contribution in [0.5, 0.6) is 0 Å². The fourth-order valence-electron chi connectivity index (χ4n) is 1.23. The highest BCUT2D eigenvalue weighted by molar-refractivity contribution is 5.95. The molecule has 0 saturated heterocycles. The van der Waals surface area contributed by atoms with Gasteiger partial charge >= 0.3 is 0 Å². The van der Waals surface area contributed by atoms with Crippen LogP contribution in [0.2, 0.25) is 0 Å². The summed E-state index contributed by atoms with van der Waals surface area (Å²) in [5.74, 6) is 0.312. The summed E-state index contributed by atoms with van der Waals surface area (Å²) >= 11 is 0. The molecular formula is C12H11N3O. The van der Waals surface area contributed by atoms with Crippen LogP contribution in [0.3, 0.4) is 0 Å². The number of benzene rings is 1. The van der Waals surface area contributed by atoms with E-state index in [2.05, 4.69) is 15.6 Å². The van der Waals surface area contributed by atoms with E-state index in [1.807, 2.05) is 18.2 Å². The van der Waals surface area contributed by atoms with E-state index in [4.69, 9.17) is 0 Å². The zero-order valence-corrected chi connectivity index (χ0v) is 8.55. The Morgan fingerprint density at radius 2 is 2.06 bits per heavy atom. The van der Waals surface area contributed by atoms with E-state index in [1.165, 1.54) is 0 Å². The Balaban J connectivity index is 2.06. The first-order valence-corrected chi connectivity index (χ1v) is 4.88. The quantitative estimate of drug-likeness (QED) is 0.780. The molecule has 0 bridgehead atoms. The average Bonchev–Trinajstić information content (AvgIpc) is 2.59. The molecule has 0 saturated carbocycles. The first-order valence-electron chi connectivity index (χ1n) is 4.88. The van der Waals surface area contributed by atoms with Crippen LogP contribution in [0, 0.1) is 0 Å². The maximum Gasteiger partial charge on any atom is 0.256 e. The highest BCUT2D eigenvalue weighted by atomic mass is 16.1. The third kappa shape index (κ3) is 2.57. The molecule has 4 nitrogen and oxygen atoms in total. The SMILES string of the molecule is O=C(NC1=CNC=CC=N1)c1ccccc1. The number of allylic oxidation sites excluding steroid dienone is 1. The van der Waals surface area contributed by atoms with Crippen molar-refractivity contribution in [3.05, 3.63) is 60.2 Å². The summed E-state index contributed by atoms with van der Waals surface area (Å²) in [6.07, 6.45) is 6.71. The van der Waals surface area contributed by atoms with Gasteiger partial charge in [-0.2, -0.15) is 0 Å². The Kier molecular flexibility index (Phi) is 3.13. The number of carbonyl (C=O) groups is 1. The number of hydrogen-bond donors (Lipinski definition) is 2. The van der Waals surface area contributed by atoms with E-state index in [9.17, 15) is 4.79 Å². The van der Waals surface area contributed by atoms with Gasteiger partial charge in [-0.3, -0.25) is 4.79 Å². The number of hydrogen-bond acceptors (Lipinski definition) is 3. The van der Waals surface area contributed by atoms with Crippen LogP contribution in [-0.2, 0) is 0 Å². The van der Waals surface area contributed by atoms with Crippen LogP contribution < -0.4 is 10.6 Å². The average molecular weight is 213 g/mol. The third-order valence-corrected chi connectivity index (χ3v) is 1.99. The highest BCUT2D eigenvalue weighted by Crippen LogP contribution is 2.00. The van der Waals surface area contributed by atoms with Crippen molar-refractivity contribution in [3.8, 4) is 0 Å². The zero-order chi connectivity index (χ0) is 11.2. The van der Waals surface area contributed by atoms with Gasteiger partial charge in [-0.1, -0.05) is 18.2 Å². The molecule has 2 N–H and O–H groups in total. The number of carbonyl (C=O) groups excluding carboxylic acids is 1. The van der Waals surface area contributed by atoms with Crippen molar-refractivity contribution in [2.24, 2.45) is 4.99 Å². The fraction of sp³-hybridized carbons (Fsp3) is 0. The van der Waals surface area contributed by atoms with Crippen LogP contribution in [0.4, 0.5) is 0 Å². The van der Waals surface area contributed by atoms with Crippen molar-refractivity contribution >= 4 is 12.1 Å². The van der Waals surface area contributed by atoms with E-state index in [1.54, 1.807) is 36.8 Å². The molecule has 0 radical (unpaired) electrons. The lowest BCUT2D eigenvalue weighted by molar-refractivity contribution is 0.0965. The van der Waals surface area contributed by atoms with E-state index >= 15 is 0 Å². The number of nitrogens with one attached hydrogen (secondary N) is 2. The van der Waals surface area contributed by atoms with Crippen LogP contribution in [0.15, 0.2) is 59.6 Å². The Bertz CT molecular complexity index is 460. The Morgan fingerprint density at radius 3 is 2.88 bits per heavy atom. The Hall–Kier alpha value is -2.36. The molecule has 0 spiro atoms. The first-order chi connectivity index (χ1) is 7.86. The highest BCUT2D eigenvalue weighted by Gasteiger charge is 2.05. The minimum atomic E-state index is -0.173. The fourth-order valence-corrected chi connectivity index (χ4v) is 1.23. The van der Waals surface area contributed by atoms with Gasteiger partial charge in [0, 0.05) is 24.2 Å². The lowest BCUT2D eigenvalue weighted by Gasteiger charge is -2.04. The van der Waals surface area contributed by atoms with Crippen molar-refractivity contribution in [3.63, 3.8) is 0 Å². The van der Waals surface area contributed by atoms with Gasteiger partial charge in [0.05, 0.1) is 0 Å². The number of rotatable bonds is 2. The zero-order valence-electron chi connectivity index (χ0n) is 8.55. The van der Waals surface area contributed by atoms with Gasteiger partial charge in [-0.25, -0.2) is 4.99 Å². The smallest absolute Gasteiger partial charge is 0.256 e. The molecule has 2 rings (SSSR count). The van der Waals surface area contributed by atoms with Crippen molar-refractivity contribution in [1.29, 1.82) is 0 Å². The topological polar surface area (TPSA) is 53.5 Å². The predicted molar refractivity (Wildman–Crippen MR) is 62.8 cm³/mol. The van der Waals surface area contributed by atoms with Gasteiger partial charge < -0.3 is 10.6 Å². The van der Waals surface area contributed by atoms with Gasteiger partial charge in [-0.05, 0) is 18.2 Å². The Labute approximate surface area is 93.4 Å². The van der Waals surface area contributed by atoms with Gasteiger partial charge in [0.15, 0.2) is 0 Å². The third-order valence-electron chi connectivity index (χ3n) is 1.99. The van der Waals surface area contributed by atoms with Crippen molar-refractivity contribution in [1.82, 2.24) is 10.6 Å². The maximum atomic E-state index is 11.8. The number of amides is 1. The predicted octanol–water partition coefficient (Wildman–Crippen LogP) is 1.40. The summed E-state index contributed by atoms with van der Waals surface area (Å²) in [5.41, 5.74) is 0.607. The minimum absolute atomic E-state index is 0.173. The van der Waals surface area contributed by atoms with Crippen LogP contribution >= 0.6 is 0 Å².